The summed E-state index contributed by atoms with van der Waals surface area (Å²) in [5.74, 6) is 0. The van der Waals surface area contributed by atoms with E-state index in [4.69, 9.17) is 0 Å². The van der Waals surface area contributed by atoms with Crippen molar-refractivity contribution in [3.05, 3.63) is 37.1 Å². The van der Waals surface area contributed by atoms with Gasteiger partial charge in [-0.3, -0.25) is 24.0 Å². The van der Waals surface area contributed by atoms with Gasteiger partial charge in [-0.1, -0.05) is 0 Å². The molecule has 10 heteroatoms. The van der Waals surface area contributed by atoms with E-state index in [1.54, 1.807) is 11.5 Å². The van der Waals surface area contributed by atoms with Gasteiger partial charge in [0.25, 0.3) is 11.2 Å². The molecule has 0 radical (unpaired) electrons. The molecule has 0 N–H and O–H groups in total. The second-order valence-electron chi connectivity index (χ2n) is 4.86. The lowest BCUT2D eigenvalue weighted by atomic mass is 10.2. The number of rotatable bonds is 2. The number of nitrogens with zero attached hydrogens (tertiary/aromatic N) is 6. The van der Waals surface area contributed by atoms with Crippen LogP contribution in [0.1, 0.15) is 6.92 Å². The van der Waals surface area contributed by atoms with Gasteiger partial charge in [-0.05, 0) is 6.92 Å². The highest BCUT2D eigenvalue weighted by Crippen LogP contribution is 2.30. The average Bonchev–Trinajstić information content (AvgIpc) is 2.89. The molecule has 3 aromatic rings. The summed E-state index contributed by atoms with van der Waals surface area (Å²) in [6.45, 7) is 2.24. The summed E-state index contributed by atoms with van der Waals surface area (Å²) in [5.41, 5.74) is -1.15. The highest BCUT2D eigenvalue weighted by molar-refractivity contribution is 6.06. The first-order chi connectivity index (χ1) is 10.4. The lowest BCUT2D eigenvalue weighted by Crippen LogP contribution is -2.37. The van der Waals surface area contributed by atoms with Crippen molar-refractivity contribution < 1.29 is 4.92 Å². The Morgan fingerprint density at radius 2 is 1.77 bits per heavy atom. The quantitative estimate of drug-likeness (QED) is 0.482. The minimum atomic E-state index is -0.630. The van der Waals surface area contributed by atoms with Gasteiger partial charge in [0.05, 0.1) is 11.1 Å². The van der Waals surface area contributed by atoms with Crippen molar-refractivity contribution in [3.63, 3.8) is 0 Å². The molecule has 0 aliphatic heterocycles. The molecule has 0 aromatic carbocycles. The van der Waals surface area contributed by atoms with Crippen molar-refractivity contribution in [2.75, 3.05) is 0 Å². The van der Waals surface area contributed by atoms with Crippen LogP contribution in [0.15, 0.2) is 15.8 Å². The summed E-state index contributed by atoms with van der Waals surface area (Å²) in [7, 11) is 2.76. The minimum Gasteiger partial charge on any atom is -0.325 e. The maximum absolute atomic E-state index is 12.4. The summed E-state index contributed by atoms with van der Waals surface area (Å²) in [6.07, 6.45) is 1.32. The predicted molar refractivity (Wildman–Crippen MR) is 77.8 cm³/mol. The molecular weight excluding hydrogens is 292 g/mol. The summed E-state index contributed by atoms with van der Waals surface area (Å²) < 4.78 is 3.59. The topological polar surface area (TPSA) is 118 Å². The van der Waals surface area contributed by atoms with Gasteiger partial charge in [0, 0.05) is 20.6 Å². The maximum Gasteiger partial charge on any atom is 0.332 e. The fourth-order valence-corrected chi connectivity index (χ4v) is 2.52. The van der Waals surface area contributed by atoms with Gasteiger partial charge in [-0.15, -0.1) is 10.2 Å². The van der Waals surface area contributed by atoms with E-state index in [-0.39, 0.29) is 27.8 Å². The molecule has 0 atom stereocenters. The van der Waals surface area contributed by atoms with Crippen LogP contribution in [0.4, 0.5) is 5.69 Å². The van der Waals surface area contributed by atoms with Gasteiger partial charge in [0.1, 0.15) is 10.8 Å². The molecule has 0 saturated heterocycles. The summed E-state index contributed by atoms with van der Waals surface area (Å²) in [4.78, 5) is 35.1. The third-order valence-corrected chi connectivity index (χ3v) is 3.69. The third-order valence-electron chi connectivity index (χ3n) is 3.69. The van der Waals surface area contributed by atoms with Crippen LogP contribution < -0.4 is 11.2 Å². The number of hydrogen-bond donors (Lipinski definition) is 0. The number of fused-ring (bicyclic) bond motifs is 3. The number of hydrogen-bond acceptors (Lipinski definition) is 6. The fraction of sp³-hybridized carbons (Fsp3) is 0.333. The van der Waals surface area contributed by atoms with Crippen LogP contribution in [0.5, 0.6) is 0 Å². The Balaban J connectivity index is 2.73. The monoisotopic (exact) mass is 304 g/mol. The highest BCUT2D eigenvalue weighted by atomic mass is 16.6. The highest BCUT2D eigenvalue weighted by Gasteiger charge is 2.25. The van der Waals surface area contributed by atoms with Gasteiger partial charge in [-0.2, -0.15) is 0 Å². The molecule has 22 heavy (non-hydrogen) atoms. The summed E-state index contributed by atoms with van der Waals surface area (Å²) in [5, 5.41) is 19.3. The molecule has 3 heterocycles. The van der Waals surface area contributed by atoms with Crippen molar-refractivity contribution in [1.29, 1.82) is 0 Å². The number of aromatic nitrogens is 5. The Kier molecular flexibility index (Phi) is 2.83. The molecule has 0 bridgehead atoms. The molecule has 0 spiro atoms. The van der Waals surface area contributed by atoms with E-state index in [1.807, 2.05) is 0 Å². The second-order valence-corrected chi connectivity index (χ2v) is 4.86. The zero-order valence-corrected chi connectivity index (χ0v) is 12.1. The standard InChI is InChI=1S/C12H12N6O4/c1-4-17-5-6(18(21)22)7-8-9(13-14-10(7)17)15(2)12(20)16(3)11(8)19/h5H,4H2,1-3H3. The van der Waals surface area contributed by atoms with Crippen LogP contribution in [0.25, 0.3) is 22.1 Å². The number of aryl methyl sites for hydroxylation is 2. The van der Waals surface area contributed by atoms with Crippen LogP contribution in [0, 0.1) is 10.1 Å². The van der Waals surface area contributed by atoms with Gasteiger partial charge in [-0.25, -0.2) is 4.79 Å². The van der Waals surface area contributed by atoms with E-state index in [9.17, 15) is 19.7 Å². The first-order valence-electron chi connectivity index (χ1n) is 6.48. The van der Waals surface area contributed by atoms with Crippen molar-refractivity contribution in [3.8, 4) is 0 Å². The molecule has 0 saturated carbocycles. The molecule has 0 aliphatic carbocycles. The summed E-state index contributed by atoms with van der Waals surface area (Å²) in [6, 6.07) is 0. The first-order valence-corrected chi connectivity index (χ1v) is 6.48. The SMILES string of the molecule is CCn1cc([N+](=O)[O-])c2c3c(=O)n(C)c(=O)n(C)c3nnc21. The molecule has 0 amide bonds. The van der Waals surface area contributed by atoms with Crippen LogP contribution in [-0.4, -0.2) is 28.8 Å². The smallest absolute Gasteiger partial charge is 0.325 e. The lowest BCUT2D eigenvalue weighted by Gasteiger charge is -2.06. The van der Waals surface area contributed by atoms with E-state index in [0.29, 0.717) is 6.54 Å². The molecular formula is C12H12N6O4. The Morgan fingerprint density at radius 1 is 1.14 bits per heavy atom. The normalized spacial score (nSPS) is 11.4. The molecule has 0 unspecified atom stereocenters. The Hall–Kier alpha value is -3.04. The van der Waals surface area contributed by atoms with Crippen LogP contribution in [0.2, 0.25) is 0 Å². The fourth-order valence-electron chi connectivity index (χ4n) is 2.52. The van der Waals surface area contributed by atoms with Crippen LogP contribution >= 0.6 is 0 Å². The average molecular weight is 304 g/mol. The molecule has 3 rings (SSSR count). The van der Waals surface area contributed by atoms with Crippen molar-refractivity contribution in [2.24, 2.45) is 14.1 Å². The Labute approximate surface area is 122 Å². The van der Waals surface area contributed by atoms with Crippen LogP contribution in [0.3, 0.4) is 0 Å². The second kappa shape index (κ2) is 4.48. The Bertz CT molecular complexity index is 1060. The predicted octanol–water partition coefficient (Wildman–Crippen LogP) is -0.0900. The van der Waals surface area contributed by atoms with Crippen molar-refractivity contribution >= 4 is 27.8 Å². The van der Waals surface area contributed by atoms with Gasteiger partial charge in [0.2, 0.25) is 0 Å². The van der Waals surface area contributed by atoms with Gasteiger partial charge < -0.3 is 4.57 Å². The van der Waals surface area contributed by atoms with Gasteiger partial charge >= 0.3 is 5.69 Å². The van der Waals surface area contributed by atoms with Crippen molar-refractivity contribution in [2.45, 2.75) is 13.5 Å². The molecule has 114 valence electrons. The molecule has 0 aliphatic rings. The third kappa shape index (κ3) is 1.60. The molecule has 3 aromatic heterocycles. The van der Waals surface area contributed by atoms with Crippen molar-refractivity contribution in [1.82, 2.24) is 23.9 Å². The van der Waals surface area contributed by atoms with E-state index >= 15 is 0 Å². The minimum absolute atomic E-state index is 0.0218. The Morgan fingerprint density at radius 3 is 2.36 bits per heavy atom. The van der Waals surface area contributed by atoms with E-state index < -0.39 is 16.2 Å². The van der Waals surface area contributed by atoms with Gasteiger partial charge in [0.15, 0.2) is 11.3 Å². The maximum atomic E-state index is 12.4. The lowest BCUT2D eigenvalue weighted by molar-refractivity contribution is -0.383. The zero-order valence-electron chi connectivity index (χ0n) is 12.1. The zero-order chi connectivity index (χ0) is 16.2. The number of nitro groups is 1. The summed E-state index contributed by atoms with van der Waals surface area (Å²) >= 11 is 0. The molecule has 0 fully saturated rings. The largest absolute Gasteiger partial charge is 0.332 e. The first kappa shape index (κ1) is 13.9. The molecule has 10 nitrogen and oxygen atoms in total. The van der Waals surface area contributed by atoms with E-state index in [2.05, 4.69) is 10.2 Å². The van der Waals surface area contributed by atoms with Crippen LogP contribution in [-0.2, 0) is 20.6 Å². The van der Waals surface area contributed by atoms with E-state index in [0.717, 1.165) is 9.13 Å². The van der Waals surface area contributed by atoms with E-state index in [1.165, 1.54) is 20.3 Å².